The van der Waals surface area contributed by atoms with E-state index >= 15 is 0 Å². The van der Waals surface area contributed by atoms with Crippen molar-refractivity contribution < 1.29 is 4.39 Å². The summed E-state index contributed by atoms with van der Waals surface area (Å²) < 4.78 is 12.2. The molecule has 1 heteroatoms. The smallest absolute Gasteiger partial charge is 0.0827 e. The van der Waals surface area contributed by atoms with Crippen molar-refractivity contribution in [3.63, 3.8) is 0 Å². The van der Waals surface area contributed by atoms with Crippen LogP contribution in [0.15, 0.2) is 60.9 Å². The summed E-state index contributed by atoms with van der Waals surface area (Å²) in [5.41, 5.74) is 5.51. The fraction of sp³-hybridized carbons (Fsp3) is 0.440. The maximum Gasteiger partial charge on any atom is 0.0827 e. The second kappa shape index (κ2) is 9.71. The third kappa shape index (κ3) is 5.06. The van der Waals surface area contributed by atoms with Crippen LogP contribution in [0, 0.1) is 5.92 Å². The standard InChI is InChI=1S/C25H31F/c1-2-3-5-20-7-11-22(12-8-20)24-15-17-25(18-16-24)23-13-9-21(10-14-23)6-4-19-26/h4,7-8,11-12,15-19,21,23H,2-3,5-6,9-10,13-14H2,1H3/t21-,23-. The van der Waals surface area contributed by atoms with Crippen molar-refractivity contribution in [2.75, 3.05) is 0 Å². The molecular formula is C25H31F. The van der Waals surface area contributed by atoms with Crippen molar-refractivity contribution >= 4 is 0 Å². The summed E-state index contributed by atoms with van der Waals surface area (Å²) in [6.07, 6.45) is 11.9. The Bertz CT molecular complexity index is 673. The molecule has 1 saturated carbocycles. The van der Waals surface area contributed by atoms with Crippen LogP contribution in [0.2, 0.25) is 0 Å². The largest absolute Gasteiger partial charge is 0.216 e. The summed E-state index contributed by atoms with van der Waals surface area (Å²) >= 11 is 0. The van der Waals surface area contributed by atoms with E-state index in [1.807, 2.05) is 0 Å². The van der Waals surface area contributed by atoms with Gasteiger partial charge in [-0.3, -0.25) is 0 Å². The Labute approximate surface area is 158 Å². The van der Waals surface area contributed by atoms with E-state index in [-0.39, 0.29) is 0 Å². The number of benzene rings is 2. The van der Waals surface area contributed by atoms with Crippen molar-refractivity contribution in [2.24, 2.45) is 5.92 Å². The molecule has 0 bridgehead atoms. The minimum absolute atomic E-state index is 0.670. The van der Waals surface area contributed by atoms with Gasteiger partial charge in [0, 0.05) is 0 Å². The predicted octanol–water partition coefficient (Wildman–Crippen LogP) is 7.84. The SMILES string of the molecule is CCCCc1ccc(-c2ccc([C@H]3CC[C@H](CC=CF)CC3)cc2)cc1. The normalized spacial score (nSPS) is 20.5. The third-order valence-corrected chi connectivity index (χ3v) is 5.89. The van der Waals surface area contributed by atoms with Crippen LogP contribution >= 0.6 is 0 Å². The van der Waals surface area contributed by atoms with Crippen molar-refractivity contribution in [3.05, 3.63) is 72.1 Å². The van der Waals surface area contributed by atoms with Crippen LogP contribution in [0.3, 0.4) is 0 Å². The summed E-state index contributed by atoms with van der Waals surface area (Å²) in [7, 11) is 0. The summed E-state index contributed by atoms with van der Waals surface area (Å²) in [6.45, 7) is 2.24. The number of aryl methyl sites for hydroxylation is 1. The first-order chi connectivity index (χ1) is 12.8. The Hall–Kier alpha value is -1.89. The molecule has 1 aliphatic carbocycles. The first-order valence-electron chi connectivity index (χ1n) is 10.2. The van der Waals surface area contributed by atoms with E-state index in [1.54, 1.807) is 6.08 Å². The molecule has 0 nitrogen and oxygen atoms in total. The van der Waals surface area contributed by atoms with Crippen LogP contribution in [-0.2, 0) is 6.42 Å². The van der Waals surface area contributed by atoms with Gasteiger partial charge in [-0.15, -0.1) is 0 Å². The van der Waals surface area contributed by atoms with E-state index in [2.05, 4.69) is 55.5 Å². The van der Waals surface area contributed by atoms with Gasteiger partial charge in [0.1, 0.15) is 0 Å². The second-order valence-electron chi connectivity index (χ2n) is 7.74. The number of rotatable bonds is 7. The van der Waals surface area contributed by atoms with Gasteiger partial charge >= 0.3 is 0 Å². The molecular weight excluding hydrogens is 319 g/mol. The van der Waals surface area contributed by atoms with Crippen LogP contribution in [-0.4, -0.2) is 0 Å². The highest BCUT2D eigenvalue weighted by molar-refractivity contribution is 5.64. The molecule has 0 aliphatic heterocycles. The molecule has 2 aromatic rings. The van der Waals surface area contributed by atoms with Crippen molar-refractivity contribution in [2.45, 2.75) is 64.2 Å². The Morgan fingerprint density at radius 2 is 1.50 bits per heavy atom. The van der Waals surface area contributed by atoms with Gasteiger partial charge in [0.15, 0.2) is 0 Å². The Morgan fingerprint density at radius 1 is 0.885 bits per heavy atom. The van der Waals surface area contributed by atoms with Gasteiger partial charge in [0.05, 0.1) is 6.33 Å². The quantitative estimate of drug-likeness (QED) is 0.477. The average Bonchev–Trinajstić information content (AvgIpc) is 2.72. The van der Waals surface area contributed by atoms with E-state index in [0.29, 0.717) is 18.2 Å². The zero-order valence-electron chi connectivity index (χ0n) is 16.0. The molecule has 0 spiro atoms. The molecule has 0 aromatic heterocycles. The summed E-state index contributed by atoms with van der Waals surface area (Å²) in [4.78, 5) is 0. The van der Waals surface area contributed by atoms with Gasteiger partial charge in [0.25, 0.3) is 0 Å². The average molecular weight is 351 g/mol. The highest BCUT2D eigenvalue weighted by atomic mass is 19.1. The molecule has 0 unspecified atom stereocenters. The monoisotopic (exact) mass is 350 g/mol. The third-order valence-electron chi connectivity index (χ3n) is 5.89. The fourth-order valence-corrected chi connectivity index (χ4v) is 4.17. The zero-order valence-corrected chi connectivity index (χ0v) is 16.0. The molecule has 1 aliphatic rings. The highest BCUT2D eigenvalue weighted by Gasteiger charge is 2.21. The first kappa shape index (κ1) is 18.9. The summed E-state index contributed by atoms with van der Waals surface area (Å²) in [6, 6.07) is 18.2. The van der Waals surface area contributed by atoms with Crippen LogP contribution < -0.4 is 0 Å². The molecule has 0 radical (unpaired) electrons. The lowest BCUT2D eigenvalue weighted by Gasteiger charge is -2.28. The van der Waals surface area contributed by atoms with Gasteiger partial charge in [-0.05, 0) is 79.0 Å². The lowest BCUT2D eigenvalue weighted by molar-refractivity contribution is 0.327. The lowest BCUT2D eigenvalue weighted by atomic mass is 9.77. The van der Waals surface area contributed by atoms with Crippen molar-refractivity contribution in [3.8, 4) is 11.1 Å². The van der Waals surface area contributed by atoms with E-state index in [0.717, 1.165) is 6.42 Å². The topological polar surface area (TPSA) is 0 Å². The van der Waals surface area contributed by atoms with Gasteiger partial charge in [-0.1, -0.05) is 68.0 Å². The number of hydrogen-bond donors (Lipinski definition) is 0. The zero-order chi connectivity index (χ0) is 18.2. The van der Waals surface area contributed by atoms with Gasteiger partial charge < -0.3 is 0 Å². The Kier molecular flexibility index (Phi) is 7.05. The van der Waals surface area contributed by atoms with Gasteiger partial charge in [-0.25, -0.2) is 4.39 Å². The predicted molar refractivity (Wildman–Crippen MR) is 110 cm³/mol. The van der Waals surface area contributed by atoms with Crippen molar-refractivity contribution in [1.82, 2.24) is 0 Å². The number of unbranched alkanes of at least 4 members (excludes halogenated alkanes) is 1. The highest BCUT2D eigenvalue weighted by Crippen LogP contribution is 2.37. The number of hydrogen-bond acceptors (Lipinski definition) is 0. The molecule has 3 rings (SSSR count). The van der Waals surface area contributed by atoms with Crippen LogP contribution in [0.25, 0.3) is 11.1 Å². The maximum absolute atomic E-state index is 12.2. The summed E-state index contributed by atoms with van der Waals surface area (Å²) in [5.74, 6) is 1.34. The molecule has 1 fully saturated rings. The minimum Gasteiger partial charge on any atom is -0.216 e. The molecule has 26 heavy (non-hydrogen) atoms. The number of allylic oxidation sites excluding steroid dienone is 1. The van der Waals surface area contributed by atoms with E-state index in [4.69, 9.17) is 0 Å². The molecule has 0 N–H and O–H groups in total. The van der Waals surface area contributed by atoms with Gasteiger partial charge in [-0.2, -0.15) is 0 Å². The molecule has 0 saturated heterocycles. The van der Waals surface area contributed by atoms with E-state index in [9.17, 15) is 4.39 Å². The van der Waals surface area contributed by atoms with E-state index < -0.39 is 0 Å². The maximum atomic E-state index is 12.2. The first-order valence-corrected chi connectivity index (χ1v) is 10.2. The van der Waals surface area contributed by atoms with Gasteiger partial charge in [0.2, 0.25) is 0 Å². The van der Waals surface area contributed by atoms with Crippen LogP contribution in [0.5, 0.6) is 0 Å². The second-order valence-corrected chi connectivity index (χ2v) is 7.74. The van der Waals surface area contributed by atoms with Crippen LogP contribution in [0.1, 0.15) is 68.9 Å². The van der Waals surface area contributed by atoms with Crippen LogP contribution in [0.4, 0.5) is 4.39 Å². The lowest BCUT2D eigenvalue weighted by Crippen LogP contribution is -2.12. The molecule has 0 atom stereocenters. The Morgan fingerprint density at radius 3 is 2.08 bits per heavy atom. The molecule has 0 amide bonds. The molecule has 0 heterocycles. The Balaban J connectivity index is 1.58. The van der Waals surface area contributed by atoms with Crippen molar-refractivity contribution in [1.29, 1.82) is 0 Å². The molecule has 2 aromatic carbocycles. The summed E-state index contributed by atoms with van der Waals surface area (Å²) in [5, 5.41) is 0. The number of halogens is 1. The fourth-order valence-electron chi connectivity index (χ4n) is 4.17. The molecule has 138 valence electrons. The minimum atomic E-state index is 0.670. The van der Waals surface area contributed by atoms with E-state index in [1.165, 1.54) is 67.2 Å².